The number of ether oxygens (including phenoxy) is 1. The molecule has 2 heterocycles. The minimum absolute atomic E-state index is 0.408. The molecule has 5 rings (SSSR count). The molecule has 4 unspecified atom stereocenters. The second-order valence-electron chi connectivity index (χ2n) is 6.88. The van der Waals surface area contributed by atoms with E-state index in [4.69, 9.17) is 4.74 Å². The number of hydrogen-bond donors (Lipinski definition) is 1. The minimum Gasteiger partial charge on any atom is -0.457 e. The zero-order valence-electron chi connectivity index (χ0n) is 14.0. The maximum atomic E-state index is 12.7. The summed E-state index contributed by atoms with van der Waals surface area (Å²) in [5, 5.41) is 2.22. The van der Waals surface area contributed by atoms with Crippen LogP contribution in [0.2, 0.25) is 0 Å². The monoisotopic (exact) mass is 362 g/mol. The Morgan fingerprint density at radius 1 is 0.667 bits per heavy atom. The standard InChI is InChI=1S/C20H14N2O5/c23-17-13-14(18(24)21-17)16-15(13)19(25)22(20(16)26)10-6-8-12(9-7-10)27-11-4-2-1-3-5-11/h1-9,13-16H,(H,21,23,24). The molecule has 7 heteroatoms. The van der Waals surface area contributed by atoms with Gasteiger partial charge in [0.05, 0.1) is 29.4 Å². The van der Waals surface area contributed by atoms with Crippen LogP contribution >= 0.6 is 0 Å². The number of rotatable bonds is 3. The molecular formula is C20H14N2O5. The smallest absolute Gasteiger partial charge is 0.238 e. The minimum atomic E-state index is -0.741. The Bertz CT molecular complexity index is 947. The fourth-order valence-corrected chi connectivity index (χ4v) is 4.25. The number of nitrogens with one attached hydrogen (secondary N) is 1. The molecule has 3 aliphatic rings. The van der Waals surface area contributed by atoms with Gasteiger partial charge in [-0.15, -0.1) is 0 Å². The first kappa shape index (κ1) is 15.7. The van der Waals surface area contributed by atoms with E-state index in [9.17, 15) is 19.2 Å². The lowest BCUT2D eigenvalue weighted by atomic mass is 9.59. The molecule has 4 atom stereocenters. The average Bonchev–Trinajstić information content (AvgIpc) is 2.97. The van der Waals surface area contributed by atoms with E-state index < -0.39 is 47.3 Å². The lowest BCUT2D eigenvalue weighted by Gasteiger charge is -2.36. The van der Waals surface area contributed by atoms with Crippen LogP contribution in [0.1, 0.15) is 0 Å². The number of benzene rings is 2. The van der Waals surface area contributed by atoms with Crippen molar-refractivity contribution in [2.45, 2.75) is 0 Å². The fraction of sp³-hybridized carbons (Fsp3) is 0.200. The van der Waals surface area contributed by atoms with E-state index in [1.165, 1.54) is 0 Å². The molecule has 2 aromatic carbocycles. The molecule has 0 aromatic heterocycles. The molecule has 7 nitrogen and oxygen atoms in total. The quantitative estimate of drug-likeness (QED) is 0.835. The third-order valence-electron chi connectivity index (χ3n) is 5.48. The third kappa shape index (κ3) is 2.14. The first-order valence-corrected chi connectivity index (χ1v) is 8.62. The van der Waals surface area contributed by atoms with Crippen LogP contribution in [-0.2, 0) is 19.2 Å². The second-order valence-corrected chi connectivity index (χ2v) is 6.88. The highest BCUT2D eigenvalue weighted by molar-refractivity contribution is 6.27. The van der Waals surface area contributed by atoms with Crippen LogP contribution in [0.25, 0.3) is 0 Å². The maximum absolute atomic E-state index is 12.7. The van der Waals surface area contributed by atoms with Crippen molar-refractivity contribution < 1.29 is 23.9 Å². The predicted molar refractivity (Wildman–Crippen MR) is 92.6 cm³/mol. The summed E-state index contributed by atoms with van der Waals surface area (Å²) in [7, 11) is 0. The largest absolute Gasteiger partial charge is 0.457 e. The van der Waals surface area contributed by atoms with Gasteiger partial charge in [-0.3, -0.25) is 29.4 Å². The Labute approximate surface area is 153 Å². The van der Waals surface area contributed by atoms with Crippen LogP contribution in [0.5, 0.6) is 11.5 Å². The molecule has 0 radical (unpaired) electrons. The highest BCUT2D eigenvalue weighted by atomic mass is 16.5. The van der Waals surface area contributed by atoms with Crippen LogP contribution in [-0.4, -0.2) is 23.6 Å². The number of amides is 4. The van der Waals surface area contributed by atoms with Crippen LogP contribution < -0.4 is 15.0 Å². The molecule has 27 heavy (non-hydrogen) atoms. The molecule has 2 aromatic rings. The first-order valence-electron chi connectivity index (χ1n) is 8.62. The molecule has 1 N–H and O–H groups in total. The van der Waals surface area contributed by atoms with Crippen molar-refractivity contribution in [3.63, 3.8) is 0 Å². The van der Waals surface area contributed by atoms with Gasteiger partial charge >= 0.3 is 0 Å². The van der Waals surface area contributed by atoms with Gasteiger partial charge in [0.2, 0.25) is 23.6 Å². The van der Waals surface area contributed by atoms with Gasteiger partial charge in [-0.2, -0.15) is 0 Å². The van der Waals surface area contributed by atoms with Gasteiger partial charge in [-0.25, -0.2) is 0 Å². The maximum Gasteiger partial charge on any atom is 0.238 e. The van der Waals surface area contributed by atoms with Gasteiger partial charge in [-0.1, -0.05) is 18.2 Å². The van der Waals surface area contributed by atoms with E-state index in [1.807, 2.05) is 30.3 Å². The van der Waals surface area contributed by atoms with Crippen LogP contribution in [0.3, 0.4) is 0 Å². The zero-order valence-corrected chi connectivity index (χ0v) is 14.0. The summed E-state index contributed by atoms with van der Waals surface area (Å²) < 4.78 is 5.71. The SMILES string of the molecule is O=C1NC(=O)C2C1C1C(=O)N(c3ccc(Oc4ccccc4)cc3)C(=O)C21. The van der Waals surface area contributed by atoms with Crippen molar-refractivity contribution in [3.8, 4) is 11.5 Å². The van der Waals surface area contributed by atoms with Crippen molar-refractivity contribution in [2.75, 3.05) is 4.90 Å². The third-order valence-corrected chi connectivity index (χ3v) is 5.48. The van der Waals surface area contributed by atoms with E-state index in [2.05, 4.69) is 5.32 Å². The molecule has 1 aliphatic carbocycles. The zero-order chi connectivity index (χ0) is 18.7. The highest BCUT2D eigenvalue weighted by Gasteiger charge is 2.71. The molecule has 0 bridgehead atoms. The summed E-state index contributed by atoms with van der Waals surface area (Å²) in [6.45, 7) is 0. The van der Waals surface area contributed by atoms with E-state index >= 15 is 0 Å². The molecule has 1 saturated carbocycles. The number of imide groups is 2. The predicted octanol–water partition coefficient (Wildman–Crippen LogP) is 1.49. The Hall–Kier alpha value is -3.48. The molecular weight excluding hydrogens is 348 g/mol. The Morgan fingerprint density at radius 2 is 1.19 bits per heavy atom. The number of para-hydroxylation sites is 1. The van der Waals surface area contributed by atoms with Crippen molar-refractivity contribution in [1.82, 2.24) is 5.32 Å². The summed E-state index contributed by atoms with van der Waals surface area (Å²) in [6.07, 6.45) is 0. The van der Waals surface area contributed by atoms with Gasteiger partial charge in [0.1, 0.15) is 11.5 Å². The first-order chi connectivity index (χ1) is 13.1. The number of carbonyl (C=O) groups excluding carboxylic acids is 4. The normalized spacial score (nSPS) is 28.5. The Balaban J connectivity index is 1.39. The molecule has 0 spiro atoms. The van der Waals surface area contributed by atoms with Crippen LogP contribution in [0.4, 0.5) is 5.69 Å². The van der Waals surface area contributed by atoms with Crippen LogP contribution in [0, 0.1) is 23.7 Å². The van der Waals surface area contributed by atoms with Crippen LogP contribution in [0.15, 0.2) is 54.6 Å². The van der Waals surface area contributed by atoms with Crippen molar-refractivity contribution in [3.05, 3.63) is 54.6 Å². The number of hydrogen-bond acceptors (Lipinski definition) is 5. The van der Waals surface area contributed by atoms with E-state index in [0.29, 0.717) is 17.2 Å². The number of carbonyl (C=O) groups is 4. The average molecular weight is 362 g/mol. The highest BCUT2D eigenvalue weighted by Crippen LogP contribution is 2.55. The van der Waals surface area contributed by atoms with Crippen molar-refractivity contribution >= 4 is 29.3 Å². The topological polar surface area (TPSA) is 92.8 Å². The number of anilines is 1. The van der Waals surface area contributed by atoms with Gasteiger partial charge < -0.3 is 4.74 Å². The summed E-state index contributed by atoms with van der Waals surface area (Å²) in [6, 6.07) is 15.8. The lowest BCUT2D eigenvalue weighted by Crippen LogP contribution is -2.50. The van der Waals surface area contributed by atoms with E-state index in [-0.39, 0.29) is 0 Å². The van der Waals surface area contributed by atoms with Crippen molar-refractivity contribution in [1.29, 1.82) is 0 Å². The molecule has 2 aliphatic heterocycles. The van der Waals surface area contributed by atoms with Crippen molar-refractivity contribution in [2.24, 2.45) is 23.7 Å². The van der Waals surface area contributed by atoms with E-state index in [1.54, 1.807) is 24.3 Å². The summed E-state index contributed by atoms with van der Waals surface area (Å²) >= 11 is 0. The molecule has 3 fully saturated rings. The van der Waals surface area contributed by atoms with Gasteiger partial charge in [0, 0.05) is 0 Å². The Kier molecular flexibility index (Phi) is 3.21. The van der Waals surface area contributed by atoms with Gasteiger partial charge in [0.25, 0.3) is 0 Å². The van der Waals surface area contributed by atoms with E-state index in [0.717, 1.165) is 4.90 Å². The Morgan fingerprint density at radius 3 is 1.74 bits per heavy atom. The molecule has 134 valence electrons. The summed E-state index contributed by atoms with van der Waals surface area (Å²) in [5.74, 6) is -3.44. The second kappa shape index (κ2) is 5.51. The fourth-order valence-electron chi connectivity index (χ4n) is 4.25. The number of nitrogens with zero attached hydrogens (tertiary/aromatic N) is 1. The number of fused-ring (bicyclic) bond motifs is 4. The summed E-state index contributed by atoms with van der Waals surface area (Å²) in [4.78, 5) is 50.3. The molecule has 4 amide bonds. The summed E-state index contributed by atoms with van der Waals surface area (Å²) in [5.41, 5.74) is 0.408. The molecule has 2 saturated heterocycles. The van der Waals surface area contributed by atoms with Gasteiger partial charge in [-0.05, 0) is 36.4 Å². The lowest BCUT2D eigenvalue weighted by molar-refractivity contribution is -0.146. The van der Waals surface area contributed by atoms with Gasteiger partial charge in [0.15, 0.2) is 0 Å².